The van der Waals surface area contributed by atoms with E-state index in [0.29, 0.717) is 21.5 Å². The first-order valence-electron chi connectivity index (χ1n) is 6.86. The fourth-order valence-corrected chi connectivity index (χ4v) is 2.13. The van der Waals surface area contributed by atoms with Crippen LogP contribution >= 0.6 is 23.2 Å². The fraction of sp³-hybridized carbons (Fsp3) is 0.176. The average Bonchev–Trinajstić information content (AvgIpc) is 2.50. The van der Waals surface area contributed by atoms with Crippen LogP contribution in [0.25, 0.3) is 0 Å². The van der Waals surface area contributed by atoms with E-state index < -0.39 is 0 Å². The third-order valence-electron chi connectivity index (χ3n) is 3.16. The Bertz CT molecular complexity index is 694. The SMILES string of the molecule is CC(C)c1ccc(/C=N\NC(=O)c2ccc(Cl)c(Cl)c2)cc1. The first kappa shape index (κ1) is 16.5. The van der Waals surface area contributed by atoms with Crippen molar-refractivity contribution in [2.45, 2.75) is 19.8 Å². The number of hydrazone groups is 1. The monoisotopic (exact) mass is 334 g/mol. The van der Waals surface area contributed by atoms with Crippen LogP contribution in [-0.2, 0) is 0 Å². The van der Waals surface area contributed by atoms with Gasteiger partial charge in [-0.3, -0.25) is 4.79 Å². The maximum Gasteiger partial charge on any atom is 0.271 e. The molecule has 0 atom stereocenters. The molecule has 2 aromatic rings. The Labute approximate surface area is 139 Å². The van der Waals surface area contributed by atoms with E-state index in [0.717, 1.165) is 5.56 Å². The van der Waals surface area contributed by atoms with E-state index in [1.54, 1.807) is 18.3 Å². The van der Waals surface area contributed by atoms with Gasteiger partial charge in [-0.2, -0.15) is 5.10 Å². The summed E-state index contributed by atoms with van der Waals surface area (Å²) in [5.74, 6) is 0.147. The Balaban J connectivity index is 1.99. The lowest BCUT2D eigenvalue weighted by atomic mass is 10.0. The van der Waals surface area contributed by atoms with E-state index in [9.17, 15) is 4.79 Å². The fourth-order valence-electron chi connectivity index (χ4n) is 1.83. The predicted octanol–water partition coefficient (Wildman–Crippen LogP) is 4.88. The van der Waals surface area contributed by atoms with Crippen LogP contribution in [0.1, 0.15) is 41.3 Å². The van der Waals surface area contributed by atoms with Crippen LogP contribution < -0.4 is 5.43 Å². The van der Waals surface area contributed by atoms with Gasteiger partial charge < -0.3 is 0 Å². The molecule has 0 aliphatic heterocycles. The Morgan fingerprint density at radius 2 is 1.77 bits per heavy atom. The van der Waals surface area contributed by atoms with Crippen molar-refractivity contribution in [3.05, 3.63) is 69.2 Å². The Hall–Kier alpha value is -1.84. The zero-order valence-electron chi connectivity index (χ0n) is 12.3. The van der Waals surface area contributed by atoms with Gasteiger partial charge in [-0.05, 0) is 35.2 Å². The highest BCUT2D eigenvalue weighted by Crippen LogP contribution is 2.22. The molecule has 2 rings (SSSR count). The molecule has 1 N–H and O–H groups in total. The standard InChI is InChI=1S/C17H16Cl2N2O/c1-11(2)13-5-3-12(4-6-13)10-20-21-17(22)14-7-8-15(18)16(19)9-14/h3-11H,1-2H3,(H,21,22)/b20-10-. The van der Waals surface area contributed by atoms with Crippen LogP contribution in [0.15, 0.2) is 47.6 Å². The van der Waals surface area contributed by atoms with Gasteiger partial charge in [0.15, 0.2) is 0 Å². The van der Waals surface area contributed by atoms with Gasteiger partial charge in [0.05, 0.1) is 16.3 Å². The van der Waals surface area contributed by atoms with E-state index in [4.69, 9.17) is 23.2 Å². The second-order valence-corrected chi connectivity index (χ2v) is 5.96. The van der Waals surface area contributed by atoms with E-state index in [1.807, 2.05) is 24.3 Å². The molecule has 0 aromatic heterocycles. The zero-order valence-corrected chi connectivity index (χ0v) is 13.8. The average molecular weight is 335 g/mol. The van der Waals surface area contributed by atoms with Crippen molar-refractivity contribution in [1.82, 2.24) is 5.43 Å². The van der Waals surface area contributed by atoms with E-state index in [1.165, 1.54) is 11.6 Å². The molecule has 0 fully saturated rings. The number of halogens is 2. The summed E-state index contributed by atoms with van der Waals surface area (Å²) in [7, 11) is 0. The Morgan fingerprint density at radius 1 is 1.09 bits per heavy atom. The molecule has 3 nitrogen and oxygen atoms in total. The molecule has 0 saturated heterocycles. The minimum absolute atomic E-state index is 0.336. The number of hydrogen-bond acceptors (Lipinski definition) is 2. The van der Waals surface area contributed by atoms with Crippen LogP contribution in [0.2, 0.25) is 10.0 Å². The minimum atomic E-state index is -0.339. The lowest BCUT2D eigenvalue weighted by molar-refractivity contribution is 0.0955. The largest absolute Gasteiger partial charge is 0.271 e. The highest BCUT2D eigenvalue weighted by Gasteiger charge is 2.06. The van der Waals surface area contributed by atoms with Gasteiger partial charge in [-0.15, -0.1) is 0 Å². The van der Waals surface area contributed by atoms with Crippen molar-refractivity contribution < 1.29 is 4.79 Å². The molecule has 0 saturated carbocycles. The highest BCUT2D eigenvalue weighted by molar-refractivity contribution is 6.42. The van der Waals surface area contributed by atoms with Crippen LogP contribution in [0.5, 0.6) is 0 Å². The van der Waals surface area contributed by atoms with Crippen molar-refractivity contribution in [3.8, 4) is 0 Å². The lowest BCUT2D eigenvalue weighted by Gasteiger charge is -2.04. The molecule has 0 bridgehead atoms. The summed E-state index contributed by atoms with van der Waals surface area (Å²) in [5.41, 5.74) is 5.04. The third kappa shape index (κ3) is 4.33. The highest BCUT2D eigenvalue weighted by atomic mass is 35.5. The topological polar surface area (TPSA) is 41.5 Å². The molecule has 0 heterocycles. The van der Waals surface area contributed by atoms with Gasteiger partial charge in [-0.25, -0.2) is 5.43 Å². The Kier molecular flexibility index (Phi) is 5.58. The van der Waals surface area contributed by atoms with Crippen molar-refractivity contribution in [1.29, 1.82) is 0 Å². The molecule has 0 unspecified atom stereocenters. The predicted molar refractivity (Wildman–Crippen MR) is 92.1 cm³/mol. The molecule has 2 aromatic carbocycles. The molecule has 5 heteroatoms. The summed E-state index contributed by atoms with van der Waals surface area (Å²) in [5, 5.41) is 4.69. The molecule has 0 spiro atoms. The molecular formula is C17H16Cl2N2O. The second kappa shape index (κ2) is 7.43. The molecule has 22 heavy (non-hydrogen) atoms. The summed E-state index contributed by atoms with van der Waals surface area (Å²) in [4.78, 5) is 11.9. The van der Waals surface area contributed by atoms with Crippen LogP contribution in [0, 0.1) is 0 Å². The minimum Gasteiger partial charge on any atom is -0.267 e. The summed E-state index contributed by atoms with van der Waals surface area (Å²) in [6.45, 7) is 4.28. The van der Waals surface area contributed by atoms with Crippen molar-refractivity contribution >= 4 is 35.3 Å². The number of nitrogens with zero attached hydrogens (tertiary/aromatic N) is 1. The number of amides is 1. The number of carbonyl (C=O) groups excluding carboxylic acids is 1. The number of hydrogen-bond donors (Lipinski definition) is 1. The molecule has 0 radical (unpaired) electrons. The van der Waals surface area contributed by atoms with Crippen LogP contribution in [-0.4, -0.2) is 12.1 Å². The summed E-state index contributed by atoms with van der Waals surface area (Å²) >= 11 is 11.7. The third-order valence-corrected chi connectivity index (χ3v) is 3.90. The van der Waals surface area contributed by atoms with Crippen molar-refractivity contribution in [2.24, 2.45) is 5.10 Å². The lowest BCUT2D eigenvalue weighted by Crippen LogP contribution is -2.17. The molecule has 1 amide bonds. The van der Waals surface area contributed by atoms with Gasteiger partial charge in [0.1, 0.15) is 0 Å². The number of rotatable bonds is 4. The van der Waals surface area contributed by atoms with Crippen LogP contribution in [0.4, 0.5) is 0 Å². The zero-order chi connectivity index (χ0) is 16.1. The number of benzene rings is 2. The smallest absolute Gasteiger partial charge is 0.267 e. The van der Waals surface area contributed by atoms with Gasteiger partial charge >= 0.3 is 0 Å². The first-order chi connectivity index (χ1) is 10.5. The maximum absolute atomic E-state index is 11.9. The summed E-state index contributed by atoms with van der Waals surface area (Å²) in [6.07, 6.45) is 1.60. The maximum atomic E-state index is 11.9. The molecule has 114 valence electrons. The second-order valence-electron chi connectivity index (χ2n) is 5.15. The van der Waals surface area contributed by atoms with Crippen molar-refractivity contribution in [3.63, 3.8) is 0 Å². The van der Waals surface area contributed by atoms with Gasteiger partial charge in [0, 0.05) is 5.56 Å². The van der Waals surface area contributed by atoms with Gasteiger partial charge in [0.25, 0.3) is 5.91 Å². The molecule has 0 aliphatic carbocycles. The van der Waals surface area contributed by atoms with Crippen LogP contribution in [0.3, 0.4) is 0 Å². The first-order valence-corrected chi connectivity index (χ1v) is 7.61. The van der Waals surface area contributed by atoms with E-state index >= 15 is 0 Å². The number of carbonyl (C=O) groups is 1. The Morgan fingerprint density at radius 3 is 2.36 bits per heavy atom. The van der Waals surface area contributed by atoms with Gasteiger partial charge in [0.2, 0.25) is 0 Å². The molecular weight excluding hydrogens is 319 g/mol. The van der Waals surface area contributed by atoms with E-state index in [-0.39, 0.29) is 5.91 Å². The quantitative estimate of drug-likeness (QED) is 0.628. The van der Waals surface area contributed by atoms with Gasteiger partial charge in [-0.1, -0.05) is 61.3 Å². The van der Waals surface area contributed by atoms with E-state index in [2.05, 4.69) is 24.4 Å². The molecule has 0 aliphatic rings. The number of nitrogens with one attached hydrogen (secondary N) is 1. The summed E-state index contributed by atoms with van der Waals surface area (Å²) < 4.78 is 0. The summed E-state index contributed by atoms with van der Waals surface area (Å²) in [6, 6.07) is 12.7. The normalized spacial score (nSPS) is 11.1. The van der Waals surface area contributed by atoms with Crippen molar-refractivity contribution in [2.75, 3.05) is 0 Å².